The average Bonchev–Trinajstić information content (AvgIpc) is 3.28. The number of aromatic nitrogens is 1. The lowest BCUT2D eigenvalue weighted by Crippen LogP contribution is -2.29. The minimum absolute atomic E-state index is 0.0125. The molecule has 0 bridgehead atoms. The quantitative estimate of drug-likeness (QED) is 0.321. The van der Waals surface area contributed by atoms with Gasteiger partial charge in [0.15, 0.2) is 5.82 Å². The first-order valence-electron chi connectivity index (χ1n) is 10.2. The predicted octanol–water partition coefficient (Wildman–Crippen LogP) is 5.56. The van der Waals surface area contributed by atoms with E-state index in [1.54, 1.807) is 37.3 Å². The molecule has 0 saturated carbocycles. The van der Waals surface area contributed by atoms with E-state index in [1.807, 2.05) is 24.3 Å². The van der Waals surface area contributed by atoms with E-state index >= 15 is 0 Å². The molecule has 2 heterocycles. The number of nitrogens with zero attached hydrogens (tertiary/aromatic N) is 2. The van der Waals surface area contributed by atoms with E-state index in [1.165, 1.54) is 4.90 Å². The Morgan fingerprint density at radius 3 is 2.22 bits per heavy atom. The van der Waals surface area contributed by atoms with E-state index < -0.39 is 17.7 Å². The summed E-state index contributed by atoms with van der Waals surface area (Å²) in [5, 5.41) is 15.5. The normalized spacial score (nSPS) is 18.4. The molecule has 164 valence electrons. The van der Waals surface area contributed by atoms with Crippen molar-refractivity contribution in [1.29, 1.82) is 0 Å². The molecule has 1 N–H and O–H groups in total. The Bertz CT molecular complexity index is 1220. The molecule has 1 atom stereocenters. The number of aliphatic hydroxyl groups excluding tert-OH is 1. The molecule has 3 aromatic rings. The third-order valence-corrected chi connectivity index (χ3v) is 5.77. The number of carbonyl (C=O) groups excluding carboxylic acids is 2. The molecule has 1 saturated heterocycles. The van der Waals surface area contributed by atoms with Crippen LogP contribution in [0.1, 0.15) is 49.3 Å². The molecular weight excluding hydrogens is 428 g/mol. The summed E-state index contributed by atoms with van der Waals surface area (Å²) in [6.07, 6.45) is 0. The van der Waals surface area contributed by atoms with Gasteiger partial charge in [-0.3, -0.25) is 14.5 Å². The summed E-state index contributed by atoms with van der Waals surface area (Å²) in [5.41, 5.74) is 2.09. The monoisotopic (exact) mass is 450 g/mol. The number of hydrogen-bond donors (Lipinski definition) is 1. The standard InChI is InChI=1S/C25H23ClN2O4/c1-14-13-19(27-32-14)28-21(15-5-9-17(10-6-15)25(2,3)4)20(23(30)24(28)31)22(29)16-7-11-18(26)12-8-16/h5-13,21,29H,1-4H3. The number of aryl methyl sites for hydroxylation is 1. The van der Waals surface area contributed by atoms with Crippen LogP contribution in [-0.4, -0.2) is 22.0 Å². The van der Waals surface area contributed by atoms with Crippen LogP contribution in [0, 0.1) is 6.92 Å². The van der Waals surface area contributed by atoms with E-state index in [0.29, 0.717) is 21.9 Å². The first-order valence-corrected chi connectivity index (χ1v) is 10.6. The average molecular weight is 451 g/mol. The van der Waals surface area contributed by atoms with Crippen molar-refractivity contribution < 1.29 is 19.2 Å². The lowest BCUT2D eigenvalue weighted by Gasteiger charge is -2.24. The maximum Gasteiger partial charge on any atom is 0.301 e. The van der Waals surface area contributed by atoms with E-state index in [9.17, 15) is 14.7 Å². The highest BCUT2D eigenvalue weighted by Gasteiger charge is 2.48. The summed E-state index contributed by atoms with van der Waals surface area (Å²) < 4.78 is 5.15. The summed E-state index contributed by atoms with van der Waals surface area (Å²) in [5.74, 6) is -1.12. The zero-order chi connectivity index (χ0) is 23.2. The van der Waals surface area contributed by atoms with Crippen molar-refractivity contribution >= 4 is 34.9 Å². The second kappa shape index (κ2) is 7.95. The Balaban J connectivity index is 1.91. The van der Waals surface area contributed by atoms with Crippen LogP contribution < -0.4 is 4.90 Å². The van der Waals surface area contributed by atoms with Crippen LogP contribution in [0.4, 0.5) is 5.82 Å². The van der Waals surface area contributed by atoms with Crippen molar-refractivity contribution in [2.75, 3.05) is 4.90 Å². The lowest BCUT2D eigenvalue weighted by molar-refractivity contribution is -0.132. The lowest BCUT2D eigenvalue weighted by atomic mass is 9.85. The summed E-state index contributed by atoms with van der Waals surface area (Å²) in [6, 6.07) is 14.8. The third kappa shape index (κ3) is 3.82. The smallest absolute Gasteiger partial charge is 0.301 e. The highest BCUT2D eigenvalue weighted by molar-refractivity contribution is 6.51. The molecule has 0 spiro atoms. The van der Waals surface area contributed by atoms with Gasteiger partial charge in [-0.05, 0) is 47.7 Å². The molecule has 2 aromatic carbocycles. The fourth-order valence-electron chi connectivity index (χ4n) is 3.78. The highest BCUT2D eigenvalue weighted by Crippen LogP contribution is 2.42. The molecule has 1 amide bonds. The van der Waals surface area contributed by atoms with Gasteiger partial charge in [-0.2, -0.15) is 0 Å². The number of carbonyl (C=O) groups is 2. The molecule has 0 aliphatic carbocycles. The van der Waals surface area contributed by atoms with Crippen LogP contribution in [-0.2, 0) is 15.0 Å². The van der Waals surface area contributed by atoms with Crippen molar-refractivity contribution in [1.82, 2.24) is 5.16 Å². The number of anilines is 1. The fraction of sp³-hybridized carbons (Fsp3) is 0.240. The number of halogens is 1. The molecule has 6 nitrogen and oxygen atoms in total. The summed E-state index contributed by atoms with van der Waals surface area (Å²) in [7, 11) is 0. The molecule has 0 radical (unpaired) electrons. The molecule has 1 aliphatic heterocycles. The maximum atomic E-state index is 13.1. The van der Waals surface area contributed by atoms with Crippen molar-refractivity contribution in [2.45, 2.75) is 39.2 Å². The second-order valence-corrected chi connectivity index (χ2v) is 9.28. The Morgan fingerprint density at radius 2 is 1.69 bits per heavy atom. The Hall–Kier alpha value is -3.38. The molecule has 4 rings (SSSR count). The minimum atomic E-state index is -0.857. The molecular formula is C25H23ClN2O4. The van der Waals surface area contributed by atoms with E-state index in [4.69, 9.17) is 16.1 Å². The van der Waals surface area contributed by atoms with Gasteiger partial charge in [-0.25, -0.2) is 0 Å². The molecule has 7 heteroatoms. The second-order valence-electron chi connectivity index (χ2n) is 8.84. The van der Waals surface area contributed by atoms with Crippen LogP contribution in [0.25, 0.3) is 5.76 Å². The molecule has 1 aromatic heterocycles. The topological polar surface area (TPSA) is 83.6 Å². The van der Waals surface area contributed by atoms with Gasteiger partial charge in [0, 0.05) is 16.7 Å². The third-order valence-electron chi connectivity index (χ3n) is 5.52. The summed E-state index contributed by atoms with van der Waals surface area (Å²) >= 11 is 5.96. The van der Waals surface area contributed by atoms with Gasteiger partial charge in [0.2, 0.25) is 0 Å². The van der Waals surface area contributed by atoms with Crippen molar-refractivity contribution in [3.05, 3.63) is 87.6 Å². The van der Waals surface area contributed by atoms with Crippen molar-refractivity contribution in [3.63, 3.8) is 0 Å². The maximum absolute atomic E-state index is 13.1. The highest BCUT2D eigenvalue weighted by atomic mass is 35.5. The van der Waals surface area contributed by atoms with E-state index in [0.717, 1.165) is 5.56 Å². The molecule has 1 unspecified atom stereocenters. The van der Waals surface area contributed by atoms with Gasteiger partial charge in [-0.15, -0.1) is 0 Å². The molecule has 32 heavy (non-hydrogen) atoms. The van der Waals surface area contributed by atoms with E-state index in [-0.39, 0.29) is 22.6 Å². The van der Waals surface area contributed by atoms with Crippen LogP contribution in [0.3, 0.4) is 0 Å². The van der Waals surface area contributed by atoms with Gasteiger partial charge in [0.1, 0.15) is 11.5 Å². The van der Waals surface area contributed by atoms with Gasteiger partial charge in [-0.1, -0.05) is 61.8 Å². The van der Waals surface area contributed by atoms with Gasteiger partial charge < -0.3 is 9.63 Å². The number of aliphatic hydroxyl groups is 1. The van der Waals surface area contributed by atoms with Crippen LogP contribution in [0.15, 0.2) is 64.7 Å². The number of Topliss-reactive ketones (excluding diaryl/α,β-unsaturated/α-hetero) is 1. The van der Waals surface area contributed by atoms with E-state index in [2.05, 4.69) is 25.9 Å². The first kappa shape index (κ1) is 21.8. The van der Waals surface area contributed by atoms with Crippen molar-refractivity contribution in [2.24, 2.45) is 0 Å². The largest absolute Gasteiger partial charge is 0.507 e. The molecule has 1 fully saturated rings. The zero-order valence-electron chi connectivity index (χ0n) is 18.2. The van der Waals surface area contributed by atoms with Gasteiger partial charge in [0.25, 0.3) is 5.78 Å². The Kier molecular flexibility index (Phi) is 5.42. The minimum Gasteiger partial charge on any atom is -0.507 e. The van der Waals surface area contributed by atoms with Crippen LogP contribution in [0.5, 0.6) is 0 Å². The molecule has 1 aliphatic rings. The van der Waals surface area contributed by atoms with Gasteiger partial charge in [0.05, 0.1) is 11.6 Å². The summed E-state index contributed by atoms with van der Waals surface area (Å²) in [6.45, 7) is 8.01. The number of ketones is 1. The first-order chi connectivity index (χ1) is 15.1. The SMILES string of the molecule is Cc1cc(N2C(=O)C(=O)C(=C(O)c3ccc(Cl)cc3)C2c2ccc(C(C)(C)C)cc2)no1. The fourth-order valence-corrected chi connectivity index (χ4v) is 3.91. The van der Waals surface area contributed by atoms with Crippen molar-refractivity contribution in [3.8, 4) is 0 Å². The number of amides is 1. The predicted molar refractivity (Wildman–Crippen MR) is 123 cm³/mol. The number of benzene rings is 2. The van der Waals surface area contributed by atoms with Gasteiger partial charge >= 0.3 is 5.91 Å². The van der Waals surface area contributed by atoms with Crippen LogP contribution >= 0.6 is 11.6 Å². The Morgan fingerprint density at radius 1 is 1.06 bits per heavy atom. The zero-order valence-corrected chi connectivity index (χ0v) is 19.0. The number of hydrogen-bond acceptors (Lipinski definition) is 5. The van der Waals surface area contributed by atoms with Crippen LogP contribution in [0.2, 0.25) is 5.02 Å². The number of rotatable bonds is 3. The summed E-state index contributed by atoms with van der Waals surface area (Å²) in [4.78, 5) is 27.4. The Labute approximate surface area is 191 Å².